The first-order valence-corrected chi connectivity index (χ1v) is 9.02. The van der Waals surface area contributed by atoms with Crippen LogP contribution < -0.4 is 0 Å². The molecule has 0 spiro atoms. The van der Waals surface area contributed by atoms with Crippen LogP contribution in [-0.4, -0.2) is 64.6 Å². The lowest BCUT2D eigenvalue weighted by Crippen LogP contribution is -2.44. The Labute approximate surface area is 146 Å². The second-order valence-electron chi connectivity index (χ2n) is 6.03. The smallest absolute Gasteiger partial charge is 0.326 e. The maximum absolute atomic E-state index is 12.6. The summed E-state index contributed by atoms with van der Waals surface area (Å²) < 4.78 is 2.75. The number of amides is 2. The summed E-state index contributed by atoms with van der Waals surface area (Å²) in [6, 6.07) is -0.766. The molecule has 0 aromatic carbocycles. The minimum Gasteiger partial charge on any atom is -0.480 e. The van der Waals surface area contributed by atoms with Crippen molar-refractivity contribution in [2.75, 3.05) is 25.9 Å². The van der Waals surface area contributed by atoms with Crippen LogP contribution >= 0.6 is 11.9 Å². The van der Waals surface area contributed by atoms with Crippen molar-refractivity contribution in [3.8, 4) is 0 Å². The van der Waals surface area contributed by atoms with Gasteiger partial charge in [-0.15, -0.1) is 4.91 Å². The first-order chi connectivity index (χ1) is 11.4. The van der Waals surface area contributed by atoms with E-state index in [9.17, 15) is 24.4 Å². The van der Waals surface area contributed by atoms with Gasteiger partial charge in [0.15, 0.2) is 0 Å². The monoisotopic (exact) mass is 359 g/mol. The number of aliphatic carboxylic acids is 1. The van der Waals surface area contributed by atoms with Gasteiger partial charge in [-0.1, -0.05) is 6.42 Å². The number of carbonyl (C=O) groups is 3. The van der Waals surface area contributed by atoms with Crippen LogP contribution in [0, 0.1) is 10.8 Å². The Morgan fingerprint density at radius 1 is 1.38 bits per heavy atom. The summed E-state index contributed by atoms with van der Waals surface area (Å²) in [6.45, 7) is 2.55. The summed E-state index contributed by atoms with van der Waals surface area (Å²) in [6.07, 6.45) is 3.17. The second kappa shape index (κ2) is 10.3. The molecule has 9 heteroatoms. The van der Waals surface area contributed by atoms with Gasteiger partial charge in [-0.3, -0.25) is 9.59 Å². The molecule has 0 unspecified atom stereocenters. The van der Waals surface area contributed by atoms with E-state index < -0.39 is 17.9 Å². The van der Waals surface area contributed by atoms with Gasteiger partial charge in [0.05, 0.1) is 0 Å². The normalized spacial score (nSPS) is 18.2. The largest absolute Gasteiger partial charge is 0.480 e. The van der Waals surface area contributed by atoms with Crippen LogP contribution in [-0.2, 0) is 14.4 Å². The van der Waals surface area contributed by atoms with Crippen molar-refractivity contribution >= 4 is 29.7 Å². The summed E-state index contributed by atoms with van der Waals surface area (Å²) in [4.78, 5) is 48.4. The zero-order valence-electron chi connectivity index (χ0n) is 14.1. The van der Waals surface area contributed by atoms with Gasteiger partial charge in [0.2, 0.25) is 11.8 Å². The van der Waals surface area contributed by atoms with E-state index in [2.05, 4.69) is 4.58 Å². The number of unbranched alkanes of at least 4 members (excludes halogenated alkanes) is 1. The van der Waals surface area contributed by atoms with Gasteiger partial charge in [-0.25, -0.2) is 4.79 Å². The molecule has 1 rings (SSSR count). The van der Waals surface area contributed by atoms with Gasteiger partial charge in [0.25, 0.3) is 0 Å². The van der Waals surface area contributed by atoms with Crippen molar-refractivity contribution in [2.45, 2.75) is 45.1 Å². The molecule has 1 saturated heterocycles. The SMILES string of the molecule is CC(=O)N(C)CCCC[C@H](CSN=O)C(=O)N1CCC[C@H]1C(=O)O. The molecule has 2 amide bonds. The lowest BCUT2D eigenvalue weighted by atomic mass is 10.0. The number of rotatable bonds is 10. The molecule has 24 heavy (non-hydrogen) atoms. The highest BCUT2D eigenvalue weighted by Gasteiger charge is 2.36. The third-order valence-corrected chi connectivity index (χ3v) is 4.99. The Hall–Kier alpha value is -1.64. The number of likely N-dealkylation sites (tertiary alicyclic amines) is 1. The molecule has 0 saturated carbocycles. The molecule has 8 nitrogen and oxygen atoms in total. The van der Waals surface area contributed by atoms with Crippen molar-refractivity contribution in [3.05, 3.63) is 4.91 Å². The van der Waals surface area contributed by atoms with Gasteiger partial charge < -0.3 is 14.9 Å². The van der Waals surface area contributed by atoms with Crippen LogP contribution in [0.5, 0.6) is 0 Å². The number of hydrogen-bond acceptors (Lipinski definition) is 6. The quantitative estimate of drug-likeness (QED) is 0.362. The Balaban J connectivity index is 2.57. The molecule has 1 fully saturated rings. The lowest BCUT2D eigenvalue weighted by Gasteiger charge is -2.26. The van der Waals surface area contributed by atoms with E-state index in [0.717, 1.165) is 24.8 Å². The molecular weight excluding hydrogens is 334 g/mol. The molecule has 0 aromatic heterocycles. The lowest BCUT2D eigenvalue weighted by molar-refractivity contribution is -0.149. The van der Waals surface area contributed by atoms with E-state index in [4.69, 9.17) is 0 Å². The fraction of sp³-hybridized carbons (Fsp3) is 0.800. The average Bonchev–Trinajstić information content (AvgIpc) is 3.03. The maximum Gasteiger partial charge on any atom is 0.326 e. The highest BCUT2D eigenvalue weighted by Crippen LogP contribution is 2.24. The molecule has 1 N–H and O–H groups in total. The molecule has 1 aliphatic heterocycles. The van der Waals surface area contributed by atoms with E-state index in [1.54, 1.807) is 11.9 Å². The summed E-state index contributed by atoms with van der Waals surface area (Å²) in [5.74, 6) is -1.37. The van der Waals surface area contributed by atoms with Crippen molar-refractivity contribution in [3.63, 3.8) is 0 Å². The third kappa shape index (κ3) is 6.10. The zero-order valence-corrected chi connectivity index (χ0v) is 15.0. The van der Waals surface area contributed by atoms with Gasteiger partial charge in [0.1, 0.15) is 6.04 Å². The summed E-state index contributed by atoms with van der Waals surface area (Å²) in [5, 5.41) is 9.21. The van der Waals surface area contributed by atoms with Gasteiger partial charge in [-0.2, -0.15) is 0 Å². The van der Waals surface area contributed by atoms with Gasteiger partial charge in [-0.05, 0) is 25.7 Å². The average molecular weight is 359 g/mol. The fourth-order valence-corrected chi connectivity index (χ4v) is 3.37. The molecule has 136 valence electrons. The molecule has 1 heterocycles. The maximum atomic E-state index is 12.6. The van der Waals surface area contributed by atoms with Crippen LogP contribution in [0.15, 0.2) is 4.58 Å². The van der Waals surface area contributed by atoms with Crippen LogP contribution in [0.3, 0.4) is 0 Å². The van der Waals surface area contributed by atoms with Gasteiger partial charge >= 0.3 is 5.97 Å². The molecule has 0 aliphatic carbocycles. The first kappa shape index (κ1) is 20.4. The number of carbonyl (C=O) groups excluding carboxylic acids is 2. The van der Waals surface area contributed by atoms with Crippen molar-refractivity contribution in [1.29, 1.82) is 0 Å². The van der Waals surface area contributed by atoms with Crippen LogP contribution in [0.2, 0.25) is 0 Å². The summed E-state index contributed by atoms with van der Waals surface area (Å²) in [7, 11) is 1.72. The van der Waals surface area contributed by atoms with E-state index in [0.29, 0.717) is 32.4 Å². The molecule has 0 bridgehead atoms. The van der Waals surface area contributed by atoms with E-state index in [1.807, 2.05) is 0 Å². The topological polar surface area (TPSA) is 107 Å². The molecule has 0 radical (unpaired) electrons. The number of carboxylic acids is 1. The van der Waals surface area contributed by atoms with E-state index >= 15 is 0 Å². The molecular formula is C15H25N3O5S. The predicted octanol–water partition coefficient (Wildman–Crippen LogP) is 1.74. The Morgan fingerprint density at radius 3 is 2.67 bits per heavy atom. The Bertz CT molecular complexity index is 474. The minimum atomic E-state index is -0.983. The van der Waals surface area contributed by atoms with Crippen LogP contribution in [0.25, 0.3) is 0 Å². The standard InChI is InChI=1S/C15H25N3O5S/c1-11(19)17(2)8-4-3-6-12(10-24-16-23)14(20)18-9-5-7-13(18)15(21)22/h12-13H,3-10H2,1-2H3,(H,21,22)/t12-,13+/m1/s1. The predicted molar refractivity (Wildman–Crippen MR) is 91.3 cm³/mol. The highest BCUT2D eigenvalue weighted by molar-refractivity contribution is 7.97. The minimum absolute atomic E-state index is 0.00953. The number of carboxylic acid groups (broad SMARTS) is 1. The number of nitrogens with zero attached hydrogens (tertiary/aromatic N) is 3. The highest BCUT2D eigenvalue weighted by atomic mass is 32.2. The van der Waals surface area contributed by atoms with Crippen molar-refractivity contribution in [2.24, 2.45) is 10.5 Å². The van der Waals surface area contributed by atoms with Crippen molar-refractivity contribution in [1.82, 2.24) is 9.80 Å². The molecule has 2 atom stereocenters. The zero-order chi connectivity index (χ0) is 18.1. The fourth-order valence-electron chi connectivity index (χ4n) is 2.82. The van der Waals surface area contributed by atoms with Gasteiger partial charge in [0, 0.05) is 55.3 Å². The first-order valence-electron chi connectivity index (χ1n) is 8.08. The molecule has 1 aliphatic rings. The Morgan fingerprint density at radius 2 is 2.08 bits per heavy atom. The van der Waals surface area contributed by atoms with E-state index in [1.165, 1.54) is 11.8 Å². The second-order valence-corrected chi connectivity index (χ2v) is 6.77. The Kier molecular flexibility index (Phi) is 8.73. The van der Waals surface area contributed by atoms with E-state index in [-0.39, 0.29) is 17.6 Å². The van der Waals surface area contributed by atoms with Crippen LogP contribution in [0.4, 0.5) is 0 Å². The third-order valence-electron chi connectivity index (χ3n) is 4.33. The van der Waals surface area contributed by atoms with Crippen molar-refractivity contribution < 1.29 is 19.5 Å². The number of hydrogen-bond donors (Lipinski definition) is 1. The molecule has 0 aromatic rings. The van der Waals surface area contributed by atoms with Crippen LogP contribution in [0.1, 0.15) is 39.0 Å². The summed E-state index contributed by atoms with van der Waals surface area (Å²) >= 11 is 0.792. The summed E-state index contributed by atoms with van der Waals surface area (Å²) in [5.41, 5.74) is 0. The number of nitroso groups, excluding NO2 is 1.